The Morgan fingerprint density at radius 3 is 2.43 bits per heavy atom. The van der Waals surface area contributed by atoms with E-state index in [-0.39, 0.29) is 0 Å². The second-order valence-corrected chi connectivity index (χ2v) is 3.67. The number of Topliss-reactive ketones (excluding diaryl/α,β-unsaturated/α-hetero) is 1. The first-order valence-electron chi connectivity index (χ1n) is 3.70. The highest BCUT2D eigenvalue weighted by molar-refractivity contribution is 9.10. The van der Waals surface area contributed by atoms with E-state index in [0.29, 0.717) is 4.47 Å². The highest BCUT2D eigenvalue weighted by Crippen LogP contribution is 2.32. The molecule has 0 aliphatic heterocycles. The molecule has 1 nitrogen and oxygen atoms in total. The van der Waals surface area contributed by atoms with Gasteiger partial charge in [0.15, 0.2) is 0 Å². The summed E-state index contributed by atoms with van der Waals surface area (Å²) in [6.45, 7) is 0.724. The lowest BCUT2D eigenvalue weighted by atomic mass is 10.1. The summed E-state index contributed by atoms with van der Waals surface area (Å²) in [5, 5.41) is 0. The Bertz CT molecular complexity index is 376. The van der Waals surface area contributed by atoms with Crippen LogP contribution in [-0.4, -0.2) is 5.78 Å². The van der Waals surface area contributed by atoms with Crippen LogP contribution in [-0.2, 0) is 10.7 Å². The van der Waals surface area contributed by atoms with E-state index in [4.69, 9.17) is 0 Å². The second-order valence-electron chi connectivity index (χ2n) is 2.75. The molecule has 0 aliphatic rings. The van der Waals surface area contributed by atoms with Gasteiger partial charge in [-0.15, -0.1) is 0 Å². The van der Waals surface area contributed by atoms with Crippen LogP contribution in [0.1, 0.15) is 12.5 Å². The van der Waals surface area contributed by atoms with Crippen LogP contribution in [0.2, 0.25) is 0 Å². The third-order valence-electron chi connectivity index (χ3n) is 1.71. The minimum Gasteiger partial charge on any atom is -0.293 e. The third kappa shape index (κ3) is 1.97. The third-order valence-corrected chi connectivity index (χ3v) is 2.20. The molecule has 0 saturated heterocycles. The molecule has 0 saturated carbocycles. The zero-order chi connectivity index (χ0) is 10.9. The van der Waals surface area contributed by atoms with Crippen molar-refractivity contribution >= 4 is 21.7 Å². The van der Waals surface area contributed by atoms with Gasteiger partial charge < -0.3 is 0 Å². The zero-order valence-corrected chi connectivity index (χ0v) is 8.74. The number of ketones is 1. The van der Waals surface area contributed by atoms with Gasteiger partial charge in [-0.25, -0.2) is 4.39 Å². The summed E-state index contributed by atoms with van der Waals surface area (Å²) in [5.41, 5.74) is -0.895. The number of benzene rings is 1. The number of carbonyl (C=O) groups is 1. The van der Waals surface area contributed by atoms with E-state index in [9.17, 15) is 18.0 Å². The van der Waals surface area contributed by atoms with Crippen molar-refractivity contribution in [2.24, 2.45) is 0 Å². The molecule has 14 heavy (non-hydrogen) atoms. The van der Waals surface area contributed by atoms with Crippen LogP contribution in [0.15, 0.2) is 22.7 Å². The lowest BCUT2D eigenvalue weighted by molar-refractivity contribution is -0.142. The van der Waals surface area contributed by atoms with Crippen molar-refractivity contribution in [1.82, 2.24) is 0 Å². The summed E-state index contributed by atoms with van der Waals surface area (Å²) >= 11 is 2.93. The predicted octanol–water partition coefficient (Wildman–Crippen LogP) is 3.27. The molecular weight excluding hydrogens is 261 g/mol. The van der Waals surface area contributed by atoms with Crippen molar-refractivity contribution in [2.45, 2.75) is 12.8 Å². The fourth-order valence-corrected chi connectivity index (χ4v) is 1.27. The lowest BCUT2D eigenvalue weighted by Gasteiger charge is -2.13. The fourth-order valence-electron chi connectivity index (χ4n) is 0.934. The Labute approximate surface area is 87.1 Å². The van der Waals surface area contributed by atoms with Gasteiger partial charge >= 0.3 is 5.92 Å². The maximum atomic E-state index is 13.1. The number of carbonyl (C=O) groups excluding carboxylic acids is 1. The lowest BCUT2D eigenvalue weighted by Crippen LogP contribution is -2.24. The summed E-state index contributed by atoms with van der Waals surface area (Å²) in [6.07, 6.45) is 0. The monoisotopic (exact) mass is 266 g/mol. The fraction of sp³-hybridized carbons (Fsp3) is 0.222. The average Bonchev–Trinajstić information content (AvgIpc) is 2.02. The Morgan fingerprint density at radius 2 is 2.00 bits per heavy atom. The largest absolute Gasteiger partial charge is 0.332 e. The highest BCUT2D eigenvalue weighted by Gasteiger charge is 2.39. The molecule has 0 amide bonds. The standard InChI is InChI=1S/C9H6BrF3O/c1-5(14)9(12,13)7-3-2-6(10)4-8(7)11/h2-4H,1H3. The average molecular weight is 267 g/mol. The Morgan fingerprint density at radius 1 is 1.43 bits per heavy atom. The summed E-state index contributed by atoms with van der Waals surface area (Å²) in [4.78, 5) is 10.6. The van der Waals surface area contributed by atoms with Crippen molar-refractivity contribution in [3.63, 3.8) is 0 Å². The predicted molar refractivity (Wildman–Crippen MR) is 48.7 cm³/mol. The van der Waals surface area contributed by atoms with Crippen molar-refractivity contribution < 1.29 is 18.0 Å². The smallest absolute Gasteiger partial charge is 0.293 e. The second kappa shape index (κ2) is 3.73. The van der Waals surface area contributed by atoms with Crippen LogP contribution >= 0.6 is 15.9 Å². The molecule has 1 aromatic carbocycles. The maximum Gasteiger partial charge on any atom is 0.332 e. The molecule has 0 fully saturated rings. The summed E-state index contributed by atoms with van der Waals surface area (Å²) in [6, 6.07) is 3.04. The maximum absolute atomic E-state index is 13.1. The molecule has 0 atom stereocenters. The van der Waals surface area contributed by atoms with E-state index in [1.165, 1.54) is 6.07 Å². The van der Waals surface area contributed by atoms with Gasteiger partial charge in [-0.2, -0.15) is 8.78 Å². The highest BCUT2D eigenvalue weighted by atomic mass is 79.9. The summed E-state index contributed by atoms with van der Waals surface area (Å²) in [5.74, 6) is -6.23. The Hall–Kier alpha value is -0.840. The Balaban J connectivity index is 3.26. The molecule has 0 unspecified atom stereocenters. The molecule has 0 radical (unpaired) electrons. The molecule has 0 aromatic heterocycles. The minimum absolute atomic E-state index is 0.345. The molecule has 1 rings (SSSR count). The summed E-state index contributed by atoms with van der Waals surface area (Å²) < 4.78 is 39.5. The first-order chi connectivity index (χ1) is 6.35. The van der Waals surface area contributed by atoms with E-state index in [0.717, 1.165) is 19.1 Å². The normalized spacial score (nSPS) is 11.5. The number of alkyl halides is 2. The van der Waals surface area contributed by atoms with Crippen molar-refractivity contribution in [3.8, 4) is 0 Å². The van der Waals surface area contributed by atoms with Crippen LogP contribution < -0.4 is 0 Å². The van der Waals surface area contributed by atoms with Gasteiger partial charge in [0.25, 0.3) is 0 Å². The minimum atomic E-state index is -3.76. The quantitative estimate of drug-likeness (QED) is 0.803. The number of hydrogen-bond acceptors (Lipinski definition) is 1. The Kier molecular flexibility index (Phi) is 2.99. The van der Waals surface area contributed by atoms with Crippen LogP contribution in [0.4, 0.5) is 13.2 Å². The van der Waals surface area contributed by atoms with E-state index < -0.39 is 23.1 Å². The van der Waals surface area contributed by atoms with Crippen LogP contribution in [0.3, 0.4) is 0 Å². The molecule has 0 heterocycles. The van der Waals surface area contributed by atoms with Gasteiger partial charge in [-0.3, -0.25) is 4.79 Å². The van der Waals surface area contributed by atoms with Gasteiger partial charge in [0.1, 0.15) is 5.82 Å². The molecule has 0 bridgehead atoms. The van der Waals surface area contributed by atoms with Gasteiger partial charge in [0.05, 0.1) is 5.56 Å². The SMILES string of the molecule is CC(=O)C(F)(F)c1ccc(Br)cc1F. The molecule has 1 aromatic rings. The molecular formula is C9H6BrF3O. The molecule has 0 aliphatic carbocycles. The van der Waals surface area contributed by atoms with Gasteiger partial charge in [0.2, 0.25) is 5.78 Å². The van der Waals surface area contributed by atoms with Crippen LogP contribution in [0, 0.1) is 5.82 Å². The van der Waals surface area contributed by atoms with Gasteiger partial charge in [-0.1, -0.05) is 15.9 Å². The van der Waals surface area contributed by atoms with Gasteiger partial charge in [0, 0.05) is 11.4 Å². The van der Waals surface area contributed by atoms with Crippen molar-refractivity contribution in [1.29, 1.82) is 0 Å². The topological polar surface area (TPSA) is 17.1 Å². The molecule has 0 spiro atoms. The molecule has 76 valence electrons. The molecule has 5 heteroatoms. The summed E-state index contributed by atoms with van der Waals surface area (Å²) in [7, 11) is 0. The van der Waals surface area contributed by atoms with Crippen LogP contribution in [0.25, 0.3) is 0 Å². The first-order valence-corrected chi connectivity index (χ1v) is 4.49. The number of rotatable bonds is 2. The van der Waals surface area contributed by atoms with Gasteiger partial charge in [-0.05, 0) is 18.2 Å². The van der Waals surface area contributed by atoms with E-state index >= 15 is 0 Å². The number of halogens is 4. The van der Waals surface area contributed by atoms with Crippen LogP contribution in [0.5, 0.6) is 0 Å². The molecule has 0 N–H and O–H groups in total. The van der Waals surface area contributed by atoms with Crippen molar-refractivity contribution in [3.05, 3.63) is 34.1 Å². The van der Waals surface area contributed by atoms with Crippen molar-refractivity contribution in [2.75, 3.05) is 0 Å². The van der Waals surface area contributed by atoms with E-state index in [1.54, 1.807) is 0 Å². The van der Waals surface area contributed by atoms with E-state index in [1.807, 2.05) is 0 Å². The zero-order valence-electron chi connectivity index (χ0n) is 7.15. The van der Waals surface area contributed by atoms with E-state index in [2.05, 4.69) is 15.9 Å². The number of hydrogen-bond donors (Lipinski definition) is 0. The first kappa shape index (κ1) is 11.2.